The lowest BCUT2D eigenvalue weighted by Crippen LogP contribution is -1.96. The van der Waals surface area contributed by atoms with Crippen molar-refractivity contribution in [2.75, 3.05) is 0 Å². The quantitative estimate of drug-likeness (QED) is 0.166. The van der Waals surface area contributed by atoms with E-state index in [1.807, 2.05) is 6.08 Å². The lowest BCUT2D eigenvalue weighted by atomic mass is 10.0. The van der Waals surface area contributed by atoms with E-state index in [1.165, 1.54) is 77.6 Å². The number of carbonyl (C=O) groups excluding carboxylic acids is 1. The first-order valence-corrected chi connectivity index (χ1v) is 9.06. The molecule has 0 fully saturated rings. The molecule has 0 unspecified atom stereocenters. The number of ether oxygens (including phenoxy) is 1. The van der Waals surface area contributed by atoms with E-state index in [-0.39, 0.29) is 5.97 Å². The van der Waals surface area contributed by atoms with Gasteiger partial charge in [-0.25, -0.2) is 0 Å². The minimum Gasteiger partial charge on any atom is -0.418 e. The molecule has 0 aromatic carbocycles. The zero-order valence-corrected chi connectivity index (χ0v) is 14.7. The molecule has 0 saturated heterocycles. The second kappa shape index (κ2) is 16.1. The molecule has 0 amide bonds. The van der Waals surface area contributed by atoms with E-state index in [0.717, 1.165) is 12.8 Å². The minimum absolute atomic E-state index is 0.348. The van der Waals surface area contributed by atoms with Crippen LogP contribution >= 0.6 is 0 Å². The topological polar surface area (TPSA) is 26.3 Å². The van der Waals surface area contributed by atoms with E-state index in [1.54, 1.807) is 0 Å². The molecule has 0 spiro atoms. The second-order valence-corrected chi connectivity index (χ2v) is 5.98. The zero-order valence-electron chi connectivity index (χ0n) is 14.7. The number of hydrogen-bond acceptors (Lipinski definition) is 2. The highest BCUT2D eigenvalue weighted by Crippen LogP contribution is 2.13. The van der Waals surface area contributed by atoms with Crippen LogP contribution in [-0.4, -0.2) is 5.97 Å². The third kappa shape index (κ3) is 15.2. The first-order chi connectivity index (χ1) is 10.7. The molecule has 0 aliphatic carbocycles. The van der Waals surface area contributed by atoms with Crippen molar-refractivity contribution in [3.05, 3.63) is 11.8 Å². The molecule has 2 nitrogen and oxygen atoms in total. The molecule has 0 aromatic heterocycles. The van der Waals surface area contributed by atoms with Crippen LogP contribution in [0, 0.1) is 12.3 Å². The van der Waals surface area contributed by atoms with Crippen molar-refractivity contribution >= 4 is 5.97 Å². The van der Waals surface area contributed by atoms with Gasteiger partial charge in [0, 0.05) is 6.92 Å². The second-order valence-electron chi connectivity index (χ2n) is 5.98. The van der Waals surface area contributed by atoms with Crippen molar-refractivity contribution < 1.29 is 9.53 Å². The SMILES string of the molecule is C#C/C(=C\CCCCCCCCCCCCCC)OC(C)=O. The monoisotopic (exact) mass is 306 g/mol. The van der Waals surface area contributed by atoms with Gasteiger partial charge in [-0.3, -0.25) is 4.79 Å². The number of allylic oxidation sites excluding steroid dienone is 2. The van der Waals surface area contributed by atoms with Gasteiger partial charge in [-0.15, -0.1) is 6.42 Å². The van der Waals surface area contributed by atoms with Crippen LogP contribution in [0.2, 0.25) is 0 Å². The van der Waals surface area contributed by atoms with Crippen LogP contribution in [0.3, 0.4) is 0 Å². The summed E-state index contributed by atoms with van der Waals surface area (Å²) in [5.74, 6) is 2.40. The highest BCUT2D eigenvalue weighted by Gasteiger charge is 1.97. The van der Waals surface area contributed by atoms with E-state index in [9.17, 15) is 4.79 Å². The fraction of sp³-hybridized carbons (Fsp3) is 0.750. The van der Waals surface area contributed by atoms with Crippen LogP contribution in [0.4, 0.5) is 0 Å². The molecule has 2 heteroatoms. The standard InChI is InChI=1S/C20H34O2/c1-4-6-7-8-9-10-11-12-13-14-15-16-17-18-20(5-2)22-19(3)21/h2,18H,4,6-17H2,1,3H3/b20-18+. The largest absolute Gasteiger partial charge is 0.418 e. The molecular weight excluding hydrogens is 272 g/mol. The van der Waals surface area contributed by atoms with Gasteiger partial charge in [0.1, 0.15) is 0 Å². The van der Waals surface area contributed by atoms with Crippen LogP contribution in [0.1, 0.15) is 97.3 Å². The Labute approximate surface area is 137 Å². The van der Waals surface area contributed by atoms with E-state index in [0.29, 0.717) is 5.76 Å². The van der Waals surface area contributed by atoms with Gasteiger partial charge in [-0.2, -0.15) is 0 Å². The third-order valence-corrected chi connectivity index (χ3v) is 3.78. The van der Waals surface area contributed by atoms with Crippen LogP contribution in [0.15, 0.2) is 11.8 Å². The lowest BCUT2D eigenvalue weighted by molar-refractivity contribution is -0.136. The fourth-order valence-corrected chi connectivity index (χ4v) is 2.50. The maximum Gasteiger partial charge on any atom is 0.308 e. The lowest BCUT2D eigenvalue weighted by Gasteiger charge is -2.02. The van der Waals surface area contributed by atoms with Gasteiger partial charge >= 0.3 is 5.97 Å². The predicted octanol–water partition coefficient (Wildman–Crippen LogP) is 6.16. The summed E-state index contributed by atoms with van der Waals surface area (Å²) in [4.78, 5) is 10.8. The number of unbranched alkanes of at least 4 members (excludes halogenated alkanes) is 12. The van der Waals surface area contributed by atoms with Crippen molar-refractivity contribution in [3.8, 4) is 12.3 Å². The molecule has 0 aromatic rings. The molecule has 0 atom stereocenters. The Hall–Kier alpha value is -1.23. The molecule has 0 aliphatic heterocycles. The van der Waals surface area contributed by atoms with Crippen LogP contribution in [-0.2, 0) is 9.53 Å². The number of carbonyl (C=O) groups is 1. The molecule has 0 radical (unpaired) electrons. The number of terminal acetylenes is 1. The van der Waals surface area contributed by atoms with Crippen LogP contribution < -0.4 is 0 Å². The number of esters is 1. The maximum absolute atomic E-state index is 10.8. The van der Waals surface area contributed by atoms with Crippen LogP contribution in [0.5, 0.6) is 0 Å². The molecule has 0 rings (SSSR count). The first-order valence-electron chi connectivity index (χ1n) is 9.06. The Balaban J connectivity index is 3.31. The maximum atomic E-state index is 10.8. The summed E-state index contributed by atoms with van der Waals surface area (Å²) in [7, 11) is 0. The molecule has 0 aliphatic rings. The Bertz CT molecular complexity index is 336. The van der Waals surface area contributed by atoms with Gasteiger partial charge < -0.3 is 4.74 Å². The van der Waals surface area contributed by atoms with Gasteiger partial charge in [0.05, 0.1) is 0 Å². The average molecular weight is 306 g/mol. The van der Waals surface area contributed by atoms with Gasteiger partial charge in [0.15, 0.2) is 5.76 Å². The molecule has 0 N–H and O–H groups in total. The third-order valence-electron chi connectivity index (χ3n) is 3.78. The Morgan fingerprint density at radius 1 is 0.909 bits per heavy atom. The van der Waals surface area contributed by atoms with Crippen molar-refractivity contribution in [1.29, 1.82) is 0 Å². The van der Waals surface area contributed by atoms with E-state index in [2.05, 4.69) is 12.8 Å². The van der Waals surface area contributed by atoms with Crippen molar-refractivity contribution in [2.24, 2.45) is 0 Å². The number of rotatable bonds is 14. The normalized spacial score (nSPS) is 11.2. The molecule has 0 saturated carbocycles. The fourth-order valence-electron chi connectivity index (χ4n) is 2.50. The van der Waals surface area contributed by atoms with E-state index in [4.69, 9.17) is 11.2 Å². The Kier molecular flexibility index (Phi) is 15.2. The Morgan fingerprint density at radius 3 is 1.77 bits per heavy atom. The van der Waals surface area contributed by atoms with Gasteiger partial charge in [-0.1, -0.05) is 77.6 Å². The predicted molar refractivity (Wildman–Crippen MR) is 94.4 cm³/mol. The summed E-state index contributed by atoms with van der Waals surface area (Å²) < 4.78 is 4.89. The van der Waals surface area contributed by atoms with E-state index < -0.39 is 0 Å². The van der Waals surface area contributed by atoms with Crippen LogP contribution in [0.25, 0.3) is 0 Å². The summed E-state index contributed by atoms with van der Waals surface area (Å²) in [5, 5.41) is 0. The highest BCUT2D eigenvalue weighted by molar-refractivity contribution is 5.68. The van der Waals surface area contributed by atoms with Crippen molar-refractivity contribution in [1.82, 2.24) is 0 Å². The molecule has 22 heavy (non-hydrogen) atoms. The Morgan fingerprint density at radius 2 is 1.36 bits per heavy atom. The summed E-state index contributed by atoms with van der Waals surface area (Å²) >= 11 is 0. The van der Waals surface area contributed by atoms with Gasteiger partial charge in [0.25, 0.3) is 0 Å². The molecule has 0 heterocycles. The zero-order chi connectivity index (χ0) is 16.5. The summed E-state index contributed by atoms with van der Waals surface area (Å²) in [6.07, 6.45) is 24.1. The average Bonchev–Trinajstić information content (AvgIpc) is 2.50. The van der Waals surface area contributed by atoms with Crippen molar-refractivity contribution in [2.45, 2.75) is 97.3 Å². The van der Waals surface area contributed by atoms with Gasteiger partial charge in [-0.05, 0) is 24.8 Å². The summed E-state index contributed by atoms with van der Waals surface area (Å²) in [6.45, 7) is 3.63. The molecular formula is C20H34O2. The minimum atomic E-state index is -0.348. The highest BCUT2D eigenvalue weighted by atomic mass is 16.5. The van der Waals surface area contributed by atoms with E-state index >= 15 is 0 Å². The molecule has 0 bridgehead atoms. The van der Waals surface area contributed by atoms with Crippen molar-refractivity contribution in [3.63, 3.8) is 0 Å². The molecule has 126 valence electrons. The number of hydrogen-bond donors (Lipinski definition) is 0. The first kappa shape index (κ1) is 20.8. The summed E-state index contributed by atoms with van der Waals surface area (Å²) in [6, 6.07) is 0. The summed E-state index contributed by atoms with van der Waals surface area (Å²) in [5.41, 5.74) is 0. The van der Waals surface area contributed by atoms with Gasteiger partial charge in [0.2, 0.25) is 0 Å². The smallest absolute Gasteiger partial charge is 0.308 e.